The molecule has 3 aromatic rings. The Bertz CT molecular complexity index is 820. The van der Waals surface area contributed by atoms with Crippen molar-refractivity contribution in [2.24, 2.45) is 0 Å². The van der Waals surface area contributed by atoms with Gasteiger partial charge in [-0.2, -0.15) is 5.26 Å². The van der Waals surface area contributed by atoms with Crippen LogP contribution in [0.1, 0.15) is 5.82 Å². The van der Waals surface area contributed by atoms with Crippen LogP contribution in [0.5, 0.6) is 0 Å². The van der Waals surface area contributed by atoms with Crippen LogP contribution >= 0.6 is 0 Å². The highest BCUT2D eigenvalue weighted by atomic mass is 16.5. The van der Waals surface area contributed by atoms with Crippen LogP contribution in [0.3, 0.4) is 0 Å². The molecule has 0 bridgehead atoms. The Balaban J connectivity index is 1.81. The number of fused-ring (bicyclic) bond motifs is 1. The van der Waals surface area contributed by atoms with E-state index in [1.54, 1.807) is 6.20 Å². The molecule has 2 aromatic heterocycles. The number of nitrogens with one attached hydrogen (secondary N) is 2. The minimum atomic E-state index is -0.607. The largest absolute Gasteiger partial charge is 0.377 e. The minimum absolute atomic E-state index is 0.407. The Kier molecular flexibility index (Phi) is 2.23. The van der Waals surface area contributed by atoms with Gasteiger partial charge in [0, 0.05) is 22.7 Å². The second kappa shape index (κ2) is 3.95. The summed E-state index contributed by atoms with van der Waals surface area (Å²) in [4.78, 5) is 10.9. The molecule has 98 valence electrons. The fourth-order valence-electron chi connectivity index (χ4n) is 2.56. The van der Waals surface area contributed by atoms with Gasteiger partial charge in [-0.15, -0.1) is 0 Å². The number of aromatic nitrogens is 3. The lowest BCUT2D eigenvalue weighted by molar-refractivity contribution is -0.0335. The zero-order valence-electron chi connectivity index (χ0n) is 10.7. The van der Waals surface area contributed by atoms with Crippen molar-refractivity contribution < 1.29 is 4.74 Å². The van der Waals surface area contributed by atoms with Crippen LogP contribution in [0.15, 0.2) is 36.7 Å². The lowest BCUT2D eigenvalue weighted by atomic mass is 9.87. The summed E-state index contributed by atoms with van der Waals surface area (Å²) < 4.78 is 5.17. The summed E-state index contributed by atoms with van der Waals surface area (Å²) in [5, 5.41) is 10.4. The third kappa shape index (κ3) is 1.43. The highest BCUT2D eigenvalue weighted by Gasteiger charge is 2.43. The van der Waals surface area contributed by atoms with Gasteiger partial charge in [-0.1, -0.05) is 18.2 Å². The molecule has 3 heterocycles. The summed E-state index contributed by atoms with van der Waals surface area (Å²) in [5.41, 5.74) is 2.46. The molecule has 1 aromatic carbocycles. The smallest absolute Gasteiger partial charge is 0.161 e. The van der Waals surface area contributed by atoms with Crippen LogP contribution in [0, 0.1) is 11.3 Å². The van der Waals surface area contributed by atoms with Crippen LogP contribution in [-0.2, 0) is 10.2 Å². The molecule has 0 unspecified atom stereocenters. The molecule has 20 heavy (non-hydrogen) atoms. The Morgan fingerprint density at radius 1 is 1.30 bits per heavy atom. The van der Waals surface area contributed by atoms with Gasteiger partial charge in [0.2, 0.25) is 0 Å². The van der Waals surface area contributed by atoms with Crippen molar-refractivity contribution in [3.63, 3.8) is 0 Å². The molecule has 1 aliphatic heterocycles. The average molecular weight is 264 g/mol. The molecule has 0 aliphatic carbocycles. The third-order valence-electron chi connectivity index (χ3n) is 3.82. The first-order valence-corrected chi connectivity index (χ1v) is 6.43. The molecule has 0 amide bonds. The van der Waals surface area contributed by atoms with Gasteiger partial charge in [-0.25, -0.2) is 4.98 Å². The van der Waals surface area contributed by atoms with Crippen LogP contribution in [0.4, 0.5) is 0 Å². The molecule has 1 aliphatic rings. The molecule has 0 radical (unpaired) electrons. The van der Waals surface area contributed by atoms with E-state index in [2.05, 4.69) is 27.1 Å². The molecule has 0 saturated carbocycles. The molecular weight excluding hydrogens is 252 g/mol. The molecule has 4 rings (SSSR count). The van der Waals surface area contributed by atoms with Gasteiger partial charge in [0.1, 0.15) is 5.82 Å². The van der Waals surface area contributed by atoms with Crippen LogP contribution in [0.25, 0.3) is 22.2 Å². The van der Waals surface area contributed by atoms with Crippen molar-refractivity contribution in [3.05, 3.63) is 42.5 Å². The lowest BCUT2D eigenvalue weighted by Crippen LogP contribution is -2.46. The van der Waals surface area contributed by atoms with E-state index < -0.39 is 5.41 Å². The summed E-state index contributed by atoms with van der Waals surface area (Å²) in [6, 6.07) is 10.4. The number of nitrogens with zero attached hydrogens (tertiary/aromatic N) is 2. The predicted octanol–water partition coefficient (Wildman–Crippen LogP) is 2.35. The van der Waals surface area contributed by atoms with E-state index in [0.29, 0.717) is 19.0 Å². The van der Waals surface area contributed by atoms with Crippen molar-refractivity contribution in [1.82, 2.24) is 15.0 Å². The maximum Gasteiger partial charge on any atom is 0.161 e. The topological polar surface area (TPSA) is 77.5 Å². The van der Waals surface area contributed by atoms with Crippen molar-refractivity contribution in [2.75, 3.05) is 13.2 Å². The van der Waals surface area contributed by atoms with E-state index in [1.165, 1.54) is 0 Å². The summed E-state index contributed by atoms with van der Waals surface area (Å²) in [6.45, 7) is 0.814. The normalized spacial score (nSPS) is 16.8. The molecule has 0 atom stereocenters. The van der Waals surface area contributed by atoms with E-state index in [-0.39, 0.29) is 0 Å². The van der Waals surface area contributed by atoms with Crippen molar-refractivity contribution in [1.29, 1.82) is 5.26 Å². The van der Waals surface area contributed by atoms with Crippen LogP contribution in [-0.4, -0.2) is 28.2 Å². The first-order chi connectivity index (χ1) is 9.82. The second-order valence-corrected chi connectivity index (χ2v) is 5.08. The SMILES string of the molecule is N#CC1(c2ncc(-c3c[nH]c4ccccc34)[nH]2)COC1. The molecule has 1 fully saturated rings. The fourth-order valence-corrected chi connectivity index (χ4v) is 2.56. The number of rotatable bonds is 2. The molecule has 2 N–H and O–H groups in total. The van der Waals surface area contributed by atoms with Gasteiger partial charge in [0.15, 0.2) is 5.41 Å². The maximum atomic E-state index is 9.31. The number of imidazole rings is 1. The van der Waals surface area contributed by atoms with E-state index in [9.17, 15) is 5.26 Å². The molecule has 0 spiro atoms. The summed E-state index contributed by atoms with van der Waals surface area (Å²) in [6.07, 6.45) is 3.74. The number of ether oxygens (including phenoxy) is 1. The zero-order valence-corrected chi connectivity index (χ0v) is 10.7. The van der Waals surface area contributed by atoms with Crippen LogP contribution in [0.2, 0.25) is 0 Å². The van der Waals surface area contributed by atoms with E-state index in [4.69, 9.17) is 4.74 Å². The number of aromatic amines is 2. The van der Waals surface area contributed by atoms with Crippen molar-refractivity contribution in [2.45, 2.75) is 5.41 Å². The quantitative estimate of drug-likeness (QED) is 0.745. The first-order valence-electron chi connectivity index (χ1n) is 6.43. The zero-order chi connectivity index (χ0) is 13.6. The first kappa shape index (κ1) is 11.3. The summed E-state index contributed by atoms with van der Waals surface area (Å²) >= 11 is 0. The molecule has 5 nitrogen and oxygen atoms in total. The van der Waals surface area contributed by atoms with E-state index in [1.807, 2.05) is 24.4 Å². The Morgan fingerprint density at radius 2 is 2.15 bits per heavy atom. The predicted molar refractivity (Wildman–Crippen MR) is 74.0 cm³/mol. The second-order valence-electron chi connectivity index (χ2n) is 5.08. The number of hydrogen-bond donors (Lipinski definition) is 2. The van der Waals surface area contributed by atoms with Gasteiger partial charge >= 0.3 is 0 Å². The monoisotopic (exact) mass is 264 g/mol. The van der Waals surface area contributed by atoms with Gasteiger partial charge in [0.25, 0.3) is 0 Å². The average Bonchev–Trinajstić information content (AvgIpc) is 3.04. The Labute approximate surface area is 115 Å². The third-order valence-corrected chi connectivity index (χ3v) is 3.82. The van der Waals surface area contributed by atoms with Crippen molar-refractivity contribution >= 4 is 10.9 Å². The number of H-pyrrole nitrogens is 2. The fraction of sp³-hybridized carbons (Fsp3) is 0.200. The van der Waals surface area contributed by atoms with Gasteiger partial charge < -0.3 is 14.7 Å². The summed E-state index contributed by atoms with van der Waals surface area (Å²) in [7, 11) is 0. The Hall–Kier alpha value is -2.58. The molecule has 5 heteroatoms. The van der Waals surface area contributed by atoms with Gasteiger partial charge in [-0.3, -0.25) is 0 Å². The molecule has 1 saturated heterocycles. The Morgan fingerprint density at radius 3 is 2.90 bits per heavy atom. The van der Waals surface area contributed by atoms with E-state index in [0.717, 1.165) is 22.2 Å². The number of benzene rings is 1. The summed E-state index contributed by atoms with van der Waals surface area (Å²) in [5.74, 6) is 0.687. The highest BCUT2D eigenvalue weighted by molar-refractivity contribution is 5.94. The van der Waals surface area contributed by atoms with Gasteiger partial charge in [-0.05, 0) is 6.07 Å². The van der Waals surface area contributed by atoms with Crippen molar-refractivity contribution in [3.8, 4) is 17.3 Å². The maximum absolute atomic E-state index is 9.31. The van der Waals surface area contributed by atoms with Crippen LogP contribution < -0.4 is 0 Å². The van der Waals surface area contributed by atoms with Gasteiger partial charge in [0.05, 0.1) is 31.2 Å². The van der Waals surface area contributed by atoms with E-state index >= 15 is 0 Å². The number of para-hydroxylation sites is 1. The minimum Gasteiger partial charge on any atom is -0.377 e. The standard InChI is InChI=1S/C15H12N4O/c16-7-15(8-20-9-15)14-18-6-13(19-14)11-5-17-12-4-2-1-3-10(11)12/h1-6,17H,8-9H2,(H,18,19). The molecular formula is C15H12N4O. The number of hydrogen-bond acceptors (Lipinski definition) is 3. The lowest BCUT2D eigenvalue weighted by Gasteiger charge is -2.32. The number of nitriles is 1. The highest BCUT2D eigenvalue weighted by Crippen LogP contribution is 2.32.